The number of anilines is 2. The minimum atomic E-state index is -4.75. The maximum atomic E-state index is 13.5. The first-order valence-corrected chi connectivity index (χ1v) is 11.8. The van der Waals surface area contributed by atoms with E-state index < -0.39 is 23.7 Å². The molecule has 0 unspecified atom stereocenters. The highest BCUT2D eigenvalue weighted by atomic mass is 79.9. The molecule has 186 valence electrons. The molecule has 1 aromatic carbocycles. The smallest absolute Gasteiger partial charge is 0.416 e. The zero-order chi connectivity index (χ0) is 26.1. The van der Waals surface area contributed by atoms with Gasteiger partial charge in [0.25, 0.3) is 5.91 Å². The molecule has 0 spiro atoms. The van der Waals surface area contributed by atoms with E-state index in [-0.39, 0.29) is 49.4 Å². The van der Waals surface area contributed by atoms with E-state index in [4.69, 9.17) is 11.6 Å². The van der Waals surface area contributed by atoms with Gasteiger partial charge in [-0.1, -0.05) is 25.4 Å². The van der Waals surface area contributed by atoms with Gasteiger partial charge in [0.15, 0.2) is 5.82 Å². The average Bonchev–Trinajstić information content (AvgIpc) is 3.14. The summed E-state index contributed by atoms with van der Waals surface area (Å²) < 4.78 is 41.8. The quantitative estimate of drug-likeness (QED) is 0.307. The minimum Gasteiger partial charge on any atom is -0.465 e. The fraction of sp³-hybridized carbons (Fsp3) is 0.238. The van der Waals surface area contributed by atoms with E-state index in [1.165, 1.54) is 12.3 Å². The number of hydrogen-bond donors (Lipinski definition) is 2. The van der Waals surface area contributed by atoms with Crippen LogP contribution in [0.3, 0.4) is 0 Å². The summed E-state index contributed by atoms with van der Waals surface area (Å²) in [6, 6.07) is 5.94. The molecule has 0 bridgehead atoms. The molecule has 2 heterocycles. The number of nitrogens with zero attached hydrogens (tertiary/aromatic N) is 4. The van der Waals surface area contributed by atoms with Crippen molar-refractivity contribution in [1.29, 1.82) is 0 Å². The molecular weight excluding hydrogens is 623 g/mol. The van der Waals surface area contributed by atoms with Crippen LogP contribution in [0.15, 0.2) is 45.6 Å². The summed E-state index contributed by atoms with van der Waals surface area (Å²) in [6.45, 7) is 3.31. The molecule has 8 nitrogen and oxygen atoms in total. The van der Waals surface area contributed by atoms with Crippen molar-refractivity contribution in [2.75, 3.05) is 16.8 Å². The van der Waals surface area contributed by atoms with Gasteiger partial charge in [0.2, 0.25) is 0 Å². The van der Waals surface area contributed by atoms with Gasteiger partial charge in [0, 0.05) is 23.3 Å². The number of carbonyl (C=O) groups is 2. The summed E-state index contributed by atoms with van der Waals surface area (Å²) >= 11 is 12.4. The molecule has 0 saturated heterocycles. The molecule has 3 aromatic rings. The average molecular weight is 640 g/mol. The second kappa shape index (κ2) is 10.5. The number of aromatic nitrogens is 3. The van der Waals surface area contributed by atoms with E-state index in [1.54, 1.807) is 26.0 Å². The molecule has 2 amide bonds. The molecule has 2 N–H and O–H groups in total. The number of pyridine rings is 1. The monoisotopic (exact) mass is 637 g/mol. The highest BCUT2D eigenvalue weighted by Gasteiger charge is 2.34. The number of hydrogen-bond acceptors (Lipinski definition) is 4. The number of nitrogens with one attached hydrogen (secondary N) is 1. The van der Waals surface area contributed by atoms with Gasteiger partial charge >= 0.3 is 12.3 Å². The predicted octanol–water partition coefficient (Wildman–Crippen LogP) is 6.86. The summed E-state index contributed by atoms with van der Waals surface area (Å²) in [4.78, 5) is 30.1. The van der Waals surface area contributed by atoms with Gasteiger partial charge < -0.3 is 10.4 Å². The van der Waals surface area contributed by atoms with Crippen LogP contribution in [0.25, 0.3) is 5.82 Å². The van der Waals surface area contributed by atoms with Crippen molar-refractivity contribution in [1.82, 2.24) is 14.8 Å². The summed E-state index contributed by atoms with van der Waals surface area (Å²) in [5.41, 5.74) is -1.65. The molecule has 0 fully saturated rings. The number of halogens is 6. The molecule has 0 aliphatic heterocycles. The van der Waals surface area contributed by atoms with Gasteiger partial charge in [-0.15, -0.1) is 0 Å². The number of carboxylic acid groups (broad SMARTS) is 1. The van der Waals surface area contributed by atoms with Crippen molar-refractivity contribution in [3.63, 3.8) is 0 Å². The lowest BCUT2D eigenvalue weighted by Gasteiger charge is -2.26. The zero-order valence-electron chi connectivity index (χ0n) is 18.1. The molecular formula is C21H17Br2ClF3N5O3. The third kappa shape index (κ3) is 6.14. The van der Waals surface area contributed by atoms with Gasteiger partial charge in [-0.3, -0.25) is 9.69 Å². The molecule has 0 atom stereocenters. The van der Waals surface area contributed by atoms with E-state index >= 15 is 0 Å². The van der Waals surface area contributed by atoms with Crippen LogP contribution in [0, 0.1) is 5.92 Å². The Bertz CT molecular complexity index is 1280. The van der Waals surface area contributed by atoms with Crippen molar-refractivity contribution in [2.24, 2.45) is 5.92 Å². The van der Waals surface area contributed by atoms with Gasteiger partial charge in [0.05, 0.1) is 22.0 Å². The van der Waals surface area contributed by atoms with Crippen LogP contribution < -0.4 is 10.2 Å². The molecule has 0 saturated carbocycles. The maximum Gasteiger partial charge on any atom is 0.416 e. The van der Waals surface area contributed by atoms with Gasteiger partial charge in [0.1, 0.15) is 10.3 Å². The molecule has 0 radical (unpaired) electrons. The first kappa shape index (κ1) is 27.0. The Morgan fingerprint density at radius 2 is 1.94 bits per heavy atom. The van der Waals surface area contributed by atoms with Crippen LogP contribution in [-0.2, 0) is 6.18 Å². The highest BCUT2D eigenvalue weighted by molar-refractivity contribution is 9.10. The number of rotatable bonds is 6. The van der Waals surface area contributed by atoms with E-state index in [9.17, 15) is 27.9 Å². The largest absolute Gasteiger partial charge is 0.465 e. The van der Waals surface area contributed by atoms with Crippen molar-refractivity contribution >= 4 is 66.8 Å². The first-order chi connectivity index (χ1) is 16.3. The van der Waals surface area contributed by atoms with Crippen molar-refractivity contribution in [3.05, 3.63) is 61.9 Å². The Morgan fingerprint density at radius 3 is 2.51 bits per heavy atom. The van der Waals surface area contributed by atoms with Crippen LogP contribution in [-0.4, -0.2) is 38.4 Å². The standard InChI is InChI=1S/C21H17Br2ClF3N5O3/c1-10(2)9-31(20(34)35)14-7-11(21(25,26)27)6-12(22)17(14)29-19(33)15-8-16(23)30-32(15)18-13(24)4-3-5-28-18/h3-8,10H,9H2,1-2H3,(H,29,33)(H,34,35). The predicted molar refractivity (Wildman–Crippen MR) is 131 cm³/mol. The second-order valence-electron chi connectivity index (χ2n) is 7.66. The lowest BCUT2D eigenvalue weighted by molar-refractivity contribution is -0.137. The fourth-order valence-corrected chi connectivity index (χ4v) is 4.25. The van der Waals surface area contributed by atoms with Crippen LogP contribution >= 0.6 is 43.5 Å². The van der Waals surface area contributed by atoms with E-state index in [2.05, 4.69) is 47.3 Å². The van der Waals surface area contributed by atoms with Crippen LogP contribution in [0.1, 0.15) is 29.9 Å². The van der Waals surface area contributed by atoms with Crippen LogP contribution in [0.4, 0.5) is 29.3 Å². The van der Waals surface area contributed by atoms with Gasteiger partial charge in [-0.2, -0.15) is 18.3 Å². The highest BCUT2D eigenvalue weighted by Crippen LogP contribution is 2.41. The SMILES string of the molecule is CC(C)CN(C(=O)O)c1cc(C(F)(F)F)cc(Br)c1NC(=O)c1cc(Br)nn1-c1ncccc1Cl. The van der Waals surface area contributed by atoms with Crippen molar-refractivity contribution in [3.8, 4) is 5.82 Å². The fourth-order valence-electron chi connectivity index (χ4n) is 3.12. The Labute approximate surface area is 219 Å². The topological polar surface area (TPSA) is 100 Å². The van der Waals surface area contributed by atoms with E-state index in [0.29, 0.717) is 6.07 Å². The normalized spacial score (nSPS) is 11.6. The molecule has 35 heavy (non-hydrogen) atoms. The summed E-state index contributed by atoms with van der Waals surface area (Å²) in [5.74, 6) is -0.864. The Hall–Kier alpha value is -2.64. The number of alkyl halides is 3. The third-order valence-corrected chi connectivity index (χ3v) is 5.86. The summed E-state index contributed by atoms with van der Waals surface area (Å²) in [6.07, 6.45) is -4.78. The summed E-state index contributed by atoms with van der Waals surface area (Å²) in [7, 11) is 0. The van der Waals surface area contributed by atoms with Gasteiger partial charge in [-0.25, -0.2) is 14.5 Å². The molecule has 0 aliphatic carbocycles. The third-order valence-electron chi connectivity index (χ3n) is 4.56. The number of amides is 2. The Balaban J connectivity index is 2.13. The number of carbonyl (C=O) groups excluding carboxylic acids is 1. The Morgan fingerprint density at radius 1 is 1.26 bits per heavy atom. The first-order valence-electron chi connectivity index (χ1n) is 9.88. The summed E-state index contributed by atoms with van der Waals surface area (Å²) in [5, 5.41) is 16.6. The molecule has 2 aromatic heterocycles. The molecule has 3 rings (SSSR count). The van der Waals surface area contributed by atoms with E-state index in [1.807, 2.05) is 0 Å². The zero-order valence-corrected chi connectivity index (χ0v) is 22.0. The van der Waals surface area contributed by atoms with Crippen molar-refractivity contribution in [2.45, 2.75) is 20.0 Å². The molecule has 0 aliphatic rings. The lowest BCUT2D eigenvalue weighted by atomic mass is 10.1. The van der Waals surface area contributed by atoms with E-state index in [0.717, 1.165) is 15.6 Å². The minimum absolute atomic E-state index is 0.0547. The van der Waals surface area contributed by atoms with Gasteiger partial charge in [-0.05, 0) is 62.0 Å². The maximum absolute atomic E-state index is 13.5. The Kier molecular flexibility index (Phi) is 8.12. The van der Waals surface area contributed by atoms with Crippen LogP contribution in [0.5, 0.6) is 0 Å². The van der Waals surface area contributed by atoms with Crippen LogP contribution in [0.2, 0.25) is 5.02 Å². The molecule has 14 heteroatoms. The number of benzene rings is 1. The lowest BCUT2D eigenvalue weighted by Crippen LogP contribution is -2.34. The van der Waals surface area contributed by atoms with Crippen molar-refractivity contribution < 1.29 is 27.9 Å². The second-order valence-corrected chi connectivity index (χ2v) is 9.74.